The molecule has 0 atom stereocenters. The van der Waals surface area contributed by atoms with Crippen molar-refractivity contribution in [3.63, 3.8) is 0 Å². The van der Waals surface area contributed by atoms with Gasteiger partial charge in [0.15, 0.2) is 5.76 Å². The van der Waals surface area contributed by atoms with Gasteiger partial charge in [0.05, 0.1) is 5.54 Å². The molecule has 3 aromatic rings. The highest BCUT2D eigenvalue weighted by Gasteiger charge is 2.45. The molecule has 2 aliphatic rings. The van der Waals surface area contributed by atoms with Gasteiger partial charge in [-0.25, -0.2) is 0 Å². The number of benzene rings is 2. The number of furan rings is 1. The molecule has 3 N–H and O–H groups in total. The number of nitrogens with two attached hydrogens (primary N) is 1. The number of rotatable bonds is 3. The number of fused-ring (bicyclic) bond motifs is 2. The van der Waals surface area contributed by atoms with E-state index in [0.717, 1.165) is 16.7 Å². The average Bonchev–Trinajstić information content (AvgIpc) is 3.38. The summed E-state index contributed by atoms with van der Waals surface area (Å²) >= 11 is 0. The summed E-state index contributed by atoms with van der Waals surface area (Å²) in [6.07, 6.45) is 1.33. The summed E-state index contributed by atoms with van der Waals surface area (Å²) in [4.78, 5) is 27.3. The van der Waals surface area contributed by atoms with E-state index < -0.39 is 5.54 Å². The van der Waals surface area contributed by atoms with Crippen LogP contribution in [0.25, 0.3) is 11.3 Å². The third-order valence-electron chi connectivity index (χ3n) is 6.21. The predicted molar refractivity (Wildman–Crippen MR) is 113 cm³/mol. The first-order valence-corrected chi connectivity index (χ1v) is 10.2. The number of nitrogens with zero attached hydrogens (tertiary/aromatic N) is 1. The van der Waals surface area contributed by atoms with Crippen LogP contribution in [0.2, 0.25) is 0 Å². The van der Waals surface area contributed by atoms with E-state index in [1.807, 2.05) is 54.6 Å². The van der Waals surface area contributed by atoms with Crippen LogP contribution in [-0.4, -0.2) is 29.8 Å². The first kappa shape index (κ1) is 18.6. The molecule has 1 aromatic heterocycles. The van der Waals surface area contributed by atoms with E-state index >= 15 is 0 Å². The Morgan fingerprint density at radius 3 is 2.57 bits per heavy atom. The van der Waals surface area contributed by atoms with Crippen LogP contribution in [0.4, 0.5) is 0 Å². The van der Waals surface area contributed by atoms with Crippen LogP contribution in [-0.2, 0) is 12.1 Å². The number of hydrogen-bond acceptors (Lipinski definition) is 4. The molecule has 0 saturated carbocycles. The van der Waals surface area contributed by atoms with E-state index in [4.69, 9.17) is 10.2 Å². The number of hydrogen-bond donors (Lipinski definition) is 2. The Bertz CT molecular complexity index is 1110. The van der Waals surface area contributed by atoms with Gasteiger partial charge in [-0.05, 0) is 42.2 Å². The lowest BCUT2D eigenvalue weighted by atomic mass is 9.81. The maximum absolute atomic E-state index is 13.0. The number of carbonyl (C=O) groups excluding carboxylic acids is 2. The van der Waals surface area contributed by atoms with Gasteiger partial charge in [0.2, 0.25) is 0 Å². The molecule has 5 rings (SSSR count). The molecule has 0 unspecified atom stereocenters. The zero-order valence-electron chi connectivity index (χ0n) is 16.6. The summed E-state index contributed by atoms with van der Waals surface area (Å²) in [6, 6.07) is 19.1. The minimum absolute atomic E-state index is 0.0492. The number of likely N-dealkylation sites (tertiary alicyclic amines) is 1. The fourth-order valence-corrected chi connectivity index (χ4v) is 4.52. The summed E-state index contributed by atoms with van der Waals surface area (Å²) in [5.74, 6) is 0.851. The van der Waals surface area contributed by atoms with E-state index in [-0.39, 0.29) is 11.8 Å². The number of piperidine rings is 1. The monoisotopic (exact) mass is 401 g/mol. The van der Waals surface area contributed by atoms with Crippen LogP contribution in [0.15, 0.2) is 65.1 Å². The Hall–Kier alpha value is -3.38. The van der Waals surface area contributed by atoms with E-state index in [9.17, 15) is 9.59 Å². The van der Waals surface area contributed by atoms with Crippen molar-refractivity contribution in [3.05, 3.63) is 83.1 Å². The van der Waals surface area contributed by atoms with Crippen LogP contribution in [0.1, 0.15) is 44.9 Å². The average molecular weight is 401 g/mol. The molecule has 0 aliphatic carbocycles. The molecule has 30 heavy (non-hydrogen) atoms. The van der Waals surface area contributed by atoms with Crippen LogP contribution in [0, 0.1) is 0 Å². The molecule has 0 radical (unpaired) electrons. The Kier molecular flexibility index (Phi) is 4.44. The Labute approximate surface area is 174 Å². The Morgan fingerprint density at radius 2 is 1.83 bits per heavy atom. The van der Waals surface area contributed by atoms with Gasteiger partial charge < -0.3 is 20.4 Å². The Morgan fingerprint density at radius 1 is 1.07 bits per heavy atom. The van der Waals surface area contributed by atoms with Crippen molar-refractivity contribution in [1.29, 1.82) is 0 Å². The van der Waals surface area contributed by atoms with Gasteiger partial charge in [-0.2, -0.15) is 0 Å². The van der Waals surface area contributed by atoms with Crippen LogP contribution in [0.5, 0.6) is 0 Å². The van der Waals surface area contributed by atoms with Crippen molar-refractivity contribution in [2.24, 2.45) is 5.73 Å². The second-order valence-corrected chi connectivity index (χ2v) is 7.94. The van der Waals surface area contributed by atoms with Crippen molar-refractivity contribution < 1.29 is 14.0 Å². The van der Waals surface area contributed by atoms with Crippen molar-refractivity contribution >= 4 is 11.8 Å². The third kappa shape index (κ3) is 3.00. The molecule has 152 valence electrons. The van der Waals surface area contributed by atoms with Gasteiger partial charge in [0.1, 0.15) is 5.76 Å². The van der Waals surface area contributed by atoms with Gasteiger partial charge in [0.25, 0.3) is 11.8 Å². The second-order valence-electron chi connectivity index (χ2n) is 7.94. The summed E-state index contributed by atoms with van der Waals surface area (Å²) in [7, 11) is 0. The summed E-state index contributed by atoms with van der Waals surface area (Å²) in [5, 5.41) is 3.17. The zero-order chi connectivity index (χ0) is 20.7. The van der Waals surface area contributed by atoms with Crippen LogP contribution >= 0.6 is 0 Å². The first-order valence-electron chi connectivity index (χ1n) is 10.2. The summed E-state index contributed by atoms with van der Waals surface area (Å²) in [6.45, 7) is 1.53. The maximum Gasteiger partial charge on any atom is 0.289 e. The minimum Gasteiger partial charge on any atom is -0.451 e. The lowest BCUT2D eigenvalue weighted by Gasteiger charge is -2.39. The van der Waals surface area contributed by atoms with Gasteiger partial charge in [-0.15, -0.1) is 0 Å². The summed E-state index contributed by atoms with van der Waals surface area (Å²) < 4.78 is 5.83. The predicted octanol–water partition coefficient (Wildman–Crippen LogP) is 3.28. The first-order chi connectivity index (χ1) is 14.6. The topological polar surface area (TPSA) is 88.6 Å². The largest absolute Gasteiger partial charge is 0.451 e. The van der Waals surface area contributed by atoms with Crippen molar-refractivity contribution in [1.82, 2.24) is 10.2 Å². The highest BCUT2D eigenvalue weighted by atomic mass is 16.4. The zero-order valence-corrected chi connectivity index (χ0v) is 16.6. The second kappa shape index (κ2) is 7.15. The molecule has 1 spiro atoms. The number of nitrogens with one attached hydrogen (secondary N) is 1. The fourth-order valence-electron chi connectivity index (χ4n) is 4.52. The maximum atomic E-state index is 13.0. The molecule has 2 aliphatic heterocycles. The van der Waals surface area contributed by atoms with Gasteiger partial charge >= 0.3 is 0 Å². The van der Waals surface area contributed by atoms with E-state index in [1.165, 1.54) is 0 Å². The molecule has 3 heterocycles. The van der Waals surface area contributed by atoms with Crippen LogP contribution in [0.3, 0.4) is 0 Å². The van der Waals surface area contributed by atoms with E-state index in [2.05, 4.69) is 5.32 Å². The number of amides is 2. The van der Waals surface area contributed by atoms with Gasteiger partial charge in [-0.3, -0.25) is 9.59 Å². The molecule has 2 aromatic carbocycles. The standard InChI is InChI=1S/C24H23N3O3/c25-15-16-6-7-18-19(14-16)24(26-22(18)28)10-12-27(13-11-24)23(29)21-9-8-20(30-21)17-4-2-1-3-5-17/h1-9,14H,10-13,15,25H2,(H,26,28). The van der Waals surface area contributed by atoms with Crippen molar-refractivity contribution in [2.45, 2.75) is 24.9 Å². The molecule has 6 heteroatoms. The normalized spacial score (nSPS) is 17.1. The molecular weight excluding hydrogens is 378 g/mol. The van der Waals surface area contributed by atoms with Crippen LogP contribution < -0.4 is 11.1 Å². The van der Waals surface area contributed by atoms with E-state index in [1.54, 1.807) is 11.0 Å². The van der Waals surface area contributed by atoms with Crippen molar-refractivity contribution in [2.75, 3.05) is 13.1 Å². The lowest BCUT2D eigenvalue weighted by Crippen LogP contribution is -2.50. The molecule has 1 saturated heterocycles. The molecule has 0 bridgehead atoms. The van der Waals surface area contributed by atoms with Crippen molar-refractivity contribution in [3.8, 4) is 11.3 Å². The highest BCUT2D eigenvalue weighted by Crippen LogP contribution is 2.40. The third-order valence-corrected chi connectivity index (χ3v) is 6.21. The smallest absolute Gasteiger partial charge is 0.289 e. The van der Waals surface area contributed by atoms with Gasteiger partial charge in [0, 0.05) is 30.8 Å². The quantitative estimate of drug-likeness (QED) is 0.705. The molecule has 2 amide bonds. The van der Waals surface area contributed by atoms with E-state index in [0.29, 0.717) is 49.6 Å². The Balaban J connectivity index is 1.33. The summed E-state index contributed by atoms with van der Waals surface area (Å²) in [5.41, 5.74) is 9.04. The lowest BCUT2D eigenvalue weighted by molar-refractivity contribution is 0.0607. The highest BCUT2D eigenvalue weighted by molar-refractivity contribution is 6.00. The SMILES string of the molecule is NCc1ccc2c(c1)C1(CCN(C(=O)c3ccc(-c4ccccc4)o3)CC1)NC2=O. The molecule has 1 fully saturated rings. The minimum atomic E-state index is -0.424. The fraction of sp³-hybridized carbons (Fsp3) is 0.250. The molecular formula is C24H23N3O3. The number of carbonyl (C=O) groups is 2. The molecule has 6 nitrogen and oxygen atoms in total. The van der Waals surface area contributed by atoms with Gasteiger partial charge in [-0.1, -0.05) is 42.5 Å².